The number of para-hydroxylation sites is 2. The van der Waals surface area contributed by atoms with Gasteiger partial charge in [0.25, 0.3) is 0 Å². The van der Waals surface area contributed by atoms with Crippen molar-refractivity contribution in [3.05, 3.63) is 140 Å². The quantitative estimate of drug-likeness (QED) is 0.215. The second-order valence-electron chi connectivity index (χ2n) is 10.7. The molecule has 9 rings (SSSR count). The lowest BCUT2D eigenvalue weighted by atomic mass is 10.1. The molecule has 0 saturated carbocycles. The molecule has 4 heterocycles. The Kier molecular flexibility index (Phi) is 5.36. The first-order valence-electron chi connectivity index (χ1n) is 14.5. The molecule has 0 N–H and O–H groups in total. The van der Waals surface area contributed by atoms with Crippen molar-refractivity contribution in [3.63, 3.8) is 0 Å². The maximum Gasteiger partial charge on any atom is 0.238 e. The average molecular weight is 566 g/mol. The van der Waals surface area contributed by atoms with Crippen LogP contribution in [0.5, 0.6) is 0 Å². The minimum atomic E-state index is 0.523. The van der Waals surface area contributed by atoms with Crippen molar-refractivity contribution in [2.45, 2.75) is 0 Å². The van der Waals surface area contributed by atoms with Crippen LogP contribution in [0, 0.1) is 0 Å². The van der Waals surface area contributed by atoms with Gasteiger partial charge in [-0.2, -0.15) is 15.1 Å². The van der Waals surface area contributed by atoms with Gasteiger partial charge in [-0.1, -0.05) is 97.1 Å². The molecule has 0 aliphatic carbocycles. The van der Waals surface area contributed by atoms with Gasteiger partial charge in [0.15, 0.2) is 11.6 Å². The molecule has 0 aliphatic heterocycles. The topological polar surface area (TPSA) is 74.3 Å². The normalized spacial score (nSPS) is 11.6. The maximum atomic E-state index is 5.11. The Balaban J connectivity index is 1.46. The molecule has 9 aromatic rings. The summed E-state index contributed by atoms with van der Waals surface area (Å²) in [6.45, 7) is 0. The Labute approximate surface area is 251 Å². The van der Waals surface area contributed by atoms with Crippen LogP contribution < -0.4 is 0 Å². The number of hydrogen-bond acceptors (Lipinski definition) is 5. The van der Waals surface area contributed by atoms with Gasteiger partial charge in [-0.15, -0.1) is 5.10 Å². The molecule has 7 nitrogen and oxygen atoms in total. The summed E-state index contributed by atoms with van der Waals surface area (Å²) in [6.07, 6.45) is 1.72. The van der Waals surface area contributed by atoms with Crippen LogP contribution in [0.2, 0.25) is 0 Å². The van der Waals surface area contributed by atoms with E-state index in [4.69, 9.17) is 15.0 Å². The van der Waals surface area contributed by atoms with E-state index in [9.17, 15) is 0 Å². The first kappa shape index (κ1) is 24.4. The molecule has 0 unspecified atom stereocenters. The van der Waals surface area contributed by atoms with Crippen LogP contribution in [-0.2, 0) is 0 Å². The Hall–Kier alpha value is -6.21. The van der Waals surface area contributed by atoms with E-state index in [1.54, 1.807) is 6.20 Å². The number of aromatic nitrogens is 7. The predicted molar refractivity (Wildman–Crippen MR) is 175 cm³/mol. The number of nitrogens with zero attached hydrogens (tertiary/aromatic N) is 7. The largest absolute Gasteiger partial charge is 0.309 e. The molecule has 0 bridgehead atoms. The van der Waals surface area contributed by atoms with Gasteiger partial charge in [0.05, 0.1) is 28.3 Å². The van der Waals surface area contributed by atoms with Gasteiger partial charge in [0.2, 0.25) is 5.95 Å². The van der Waals surface area contributed by atoms with Crippen molar-refractivity contribution < 1.29 is 0 Å². The van der Waals surface area contributed by atoms with Crippen LogP contribution >= 0.6 is 0 Å². The molecule has 0 aliphatic rings. The summed E-state index contributed by atoms with van der Waals surface area (Å²) in [6, 6.07) is 45.4. The van der Waals surface area contributed by atoms with Crippen LogP contribution in [0.15, 0.2) is 140 Å². The molecule has 4 aromatic heterocycles. The Morgan fingerprint density at radius 1 is 0.455 bits per heavy atom. The lowest BCUT2D eigenvalue weighted by Crippen LogP contribution is -2.06. The number of hydrogen-bond donors (Lipinski definition) is 0. The van der Waals surface area contributed by atoms with E-state index in [0.717, 1.165) is 60.6 Å². The van der Waals surface area contributed by atoms with E-state index >= 15 is 0 Å². The molecular formula is C37H23N7. The summed E-state index contributed by atoms with van der Waals surface area (Å²) < 4.78 is 4.44. The molecule has 7 heteroatoms. The second kappa shape index (κ2) is 9.68. The fourth-order valence-corrected chi connectivity index (χ4v) is 6.24. The van der Waals surface area contributed by atoms with Crippen molar-refractivity contribution in [1.29, 1.82) is 0 Å². The SMILES string of the molecule is c1ccc(-c2nc(-c3ccccc3)nc(-n3c4ccnnc4c4ccc5c(c6ccccc6n5-c5ccccc5)c43)n2)cc1. The van der Waals surface area contributed by atoms with E-state index in [1.165, 1.54) is 0 Å². The van der Waals surface area contributed by atoms with Crippen molar-refractivity contribution in [2.24, 2.45) is 0 Å². The summed E-state index contributed by atoms with van der Waals surface area (Å²) >= 11 is 0. The van der Waals surface area contributed by atoms with E-state index in [1.807, 2.05) is 72.8 Å². The second-order valence-corrected chi connectivity index (χ2v) is 10.7. The van der Waals surface area contributed by atoms with Gasteiger partial charge in [-0.25, -0.2) is 4.98 Å². The van der Waals surface area contributed by atoms with E-state index < -0.39 is 0 Å². The molecule has 206 valence electrons. The maximum absolute atomic E-state index is 5.11. The zero-order valence-corrected chi connectivity index (χ0v) is 23.4. The van der Waals surface area contributed by atoms with Gasteiger partial charge >= 0.3 is 0 Å². The first-order valence-corrected chi connectivity index (χ1v) is 14.5. The van der Waals surface area contributed by atoms with Crippen LogP contribution in [-0.4, -0.2) is 34.3 Å². The van der Waals surface area contributed by atoms with Crippen LogP contribution in [0.3, 0.4) is 0 Å². The highest BCUT2D eigenvalue weighted by molar-refractivity contribution is 6.25. The Morgan fingerprint density at radius 3 is 1.80 bits per heavy atom. The highest BCUT2D eigenvalue weighted by Gasteiger charge is 2.23. The van der Waals surface area contributed by atoms with E-state index in [2.05, 4.69) is 80.0 Å². The monoisotopic (exact) mass is 565 g/mol. The molecule has 5 aromatic carbocycles. The summed E-state index contributed by atoms with van der Waals surface area (Å²) in [7, 11) is 0. The molecule has 0 atom stereocenters. The van der Waals surface area contributed by atoms with Crippen LogP contribution in [0.1, 0.15) is 0 Å². The smallest absolute Gasteiger partial charge is 0.238 e. The third-order valence-corrected chi connectivity index (χ3v) is 8.13. The fourth-order valence-electron chi connectivity index (χ4n) is 6.24. The number of rotatable bonds is 4. The molecule has 0 radical (unpaired) electrons. The number of benzene rings is 5. The molecule has 0 amide bonds. The zero-order chi connectivity index (χ0) is 29.0. The molecule has 44 heavy (non-hydrogen) atoms. The molecule has 0 fully saturated rings. The Morgan fingerprint density at radius 2 is 1.09 bits per heavy atom. The van der Waals surface area contributed by atoms with Crippen molar-refractivity contribution in [1.82, 2.24) is 34.3 Å². The fraction of sp³-hybridized carbons (Fsp3) is 0. The average Bonchev–Trinajstić information content (AvgIpc) is 3.62. The Bertz CT molecular complexity index is 2420. The van der Waals surface area contributed by atoms with Crippen molar-refractivity contribution >= 4 is 43.7 Å². The van der Waals surface area contributed by atoms with E-state index in [0.29, 0.717) is 17.6 Å². The van der Waals surface area contributed by atoms with Gasteiger partial charge in [-0.3, -0.25) is 4.57 Å². The molecule has 0 saturated heterocycles. The third kappa shape index (κ3) is 3.66. The molecular weight excluding hydrogens is 542 g/mol. The third-order valence-electron chi connectivity index (χ3n) is 8.13. The van der Waals surface area contributed by atoms with Crippen LogP contribution in [0.4, 0.5) is 0 Å². The van der Waals surface area contributed by atoms with Gasteiger partial charge in [-0.05, 0) is 36.4 Å². The highest BCUT2D eigenvalue weighted by Crippen LogP contribution is 2.41. The van der Waals surface area contributed by atoms with Crippen LogP contribution in [0.25, 0.3) is 78.2 Å². The summed E-state index contributed by atoms with van der Waals surface area (Å²) in [5.74, 6) is 1.73. The zero-order valence-electron chi connectivity index (χ0n) is 23.4. The minimum absolute atomic E-state index is 0.523. The lowest BCUT2D eigenvalue weighted by molar-refractivity contribution is 0.951. The van der Waals surface area contributed by atoms with Crippen molar-refractivity contribution in [3.8, 4) is 34.4 Å². The highest BCUT2D eigenvalue weighted by atomic mass is 15.2. The van der Waals surface area contributed by atoms with Gasteiger partial charge in [0.1, 0.15) is 5.52 Å². The predicted octanol–water partition coefficient (Wildman–Crippen LogP) is 8.19. The standard InChI is InChI=1S/C37H23N7/c1-4-12-24(13-5-1)35-39-36(25-14-6-2-7-15-25)41-37(40-35)44-31-22-23-38-42-33(31)28-20-21-30-32(34(28)44)27-18-10-11-19-29(27)43(30)26-16-8-3-9-17-26/h1-23H. The van der Waals surface area contributed by atoms with Gasteiger partial charge < -0.3 is 4.57 Å². The van der Waals surface area contributed by atoms with E-state index in [-0.39, 0.29) is 0 Å². The van der Waals surface area contributed by atoms with Crippen molar-refractivity contribution in [2.75, 3.05) is 0 Å². The van der Waals surface area contributed by atoms with Gasteiger partial charge in [0, 0.05) is 33.0 Å². The summed E-state index contributed by atoms with van der Waals surface area (Å²) in [5.41, 5.74) is 7.79. The first-order chi connectivity index (χ1) is 21.8. The lowest BCUT2D eigenvalue weighted by Gasteiger charge is -2.11. The number of fused-ring (bicyclic) bond motifs is 7. The minimum Gasteiger partial charge on any atom is -0.309 e. The summed E-state index contributed by atoms with van der Waals surface area (Å²) in [5, 5.41) is 12.1. The molecule has 0 spiro atoms. The summed E-state index contributed by atoms with van der Waals surface area (Å²) in [4.78, 5) is 15.2.